The highest BCUT2D eigenvalue weighted by Gasteiger charge is 2.27. The number of carboxylic acids is 2. The summed E-state index contributed by atoms with van der Waals surface area (Å²) in [6.45, 7) is 12.7. The van der Waals surface area contributed by atoms with Gasteiger partial charge in [0.2, 0.25) is 0 Å². The third kappa shape index (κ3) is 11.7. The van der Waals surface area contributed by atoms with E-state index in [4.69, 9.17) is 19.9 Å². The minimum atomic E-state index is -1.04. The summed E-state index contributed by atoms with van der Waals surface area (Å²) in [5.41, 5.74) is 25.9. The Hall–Kier alpha value is -12.8. The summed E-state index contributed by atoms with van der Waals surface area (Å²) in [4.78, 5) is 59.9. The first-order valence-corrected chi connectivity index (χ1v) is 32.5. The fraction of sp³-hybridized carbons (Fsp3) is 0.0698. The van der Waals surface area contributed by atoms with Gasteiger partial charge in [0.05, 0.1) is 33.5 Å². The van der Waals surface area contributed by atoms with Gasteiger partial charge >= 0.3 is 11.9 Å². The second-order valence-corrected chi connectivity index (χ2v) is 25.0. The van der Waals surface area contributed by atoms with Crippen molar-refractivity contribution in [3.05, 3.63) is 333 Å². The zero-order valence-electron chi connectivity index (χ0n) is 54.8. The molecule has 0 saturated heterocycles. The number of H-pyrrole nitrogens is 2. The molecule has 98 heavy (non-hydrogen) atoms. The zero-order valence-corrected chi connectivity index (χ0v) is 54.8. The lowest BCUT2D eigenvalue weighted by atomic mass is 9.92. The van der Waals surface area contributed by atoms with Crippen LogP contribution in [0.2, 0.25) is 0 Å². The maximum atomic E-state index is 12.4. The normalized spacial score (nSPS) is 11.9. The molecule has 5 heterocycles. The van der Waals surface area contributed by atoms with Gasteiger partial charge in [-0.25, -0.2) is 29.5 Å². The molecule has 15 rings (SSSR count). The van der Waals surface area contributed by atoms with Crippen LogP contribution in [0.15, 0.2) is 255 Å². The average Bonchev–Trinajstić information content (AvgIpc) is 1.58. The number of hydrogen-bond donors (Lipinski definition) is 4. The van der Waals surface area contributed by atoms with Gasteiger partial charge < -0.3 is 30.0 Å². The number of nitrogens with one attached hydrogen (secondary N) is 2. The fourth-order valence-corrected chi connectivity index (χ4v) is 14.0. The minimum Gasteiger partial charge on any atom is -0.478 e. The van der Waals surface area contributed by atoms with Crippen molar-refractivity contribution in [3.8, 4) is 44.5 Å². The number of carbonyl (C=O) groups is 2. The van der Waals surface area contributed by atoms with E-state index in [2.05, 4.69) is 249 Å². The Morgan fingerprint density at radius 3 is 0.929 bits per heavy atom. The molecule has 3 aromatic heterocycles. The lowest BCUT2D eigenvalue weighted by molar-refractivity contribution is 0.0686. The number of nitrogens with zero attached hydrogens (tertiary/aromatic N) is 6. The monoisotopic (exact) mass is 1270 g/mol. The molecule has 0 amide bonds. The second-order valence-electron chi connectivity index (χ2n) is 25.0. The Kier molecular flexibility index (Phi) is 16.0. The van der Waals surface area contributed by atoms with Crippen molar-refractivity contribution < 1.29 is 19.8 Å². The van der Waals surface area contributed by atoms with Crippen LogP contribution in [-0.2, 0) is 0 Å². The summed E-state index contributed by atoms with van der Waals surface area (Å²) >= 11 is 0. The van der Waals surface area contributed by atoms with Crippen molar-refractivity contribution >= 4 is 91.7 Å². The summed E-state index contributed by atoms with van der Waals surface area (Å²) in [7, 11) is 0. The van der Waals surface area contributed by atoms with Gasteiger partial charge in [0, 0.05) is 67.5 Å². The number of para-hydroxylation sites is 4. The highest BCUT2D eigenvalue weighted by Crippen LogP contribution is 2.45. The third-order valence-electron chi connectivity index (χ3n) is 18.2. The highest BCUT2D eigenvalue weighted by molar-refractivity contribution is 6.04. The van der Waals surface area contributed by atoms with Crippen molar-refractivity contribution in [2.75, 3.05) is 9.80 Å². The van der Waals surface area contributed by atoms with Gasteiger partial charge in [0.15, 0.2) is 11.6 Å². The van der Waals surface area contributed by atoms with E-state index in [0.29, 0.717) is 62.1 Å². The molecule has 0 unspecified atom stereocenters. The molecule has 0 fully saturated rings. The molecule has 12 nitrogen and oxygen atoms in total. The Morgan fingerprint density at radius 2 is 0.612 bits per heavy atom. The molecule has 10 aromatic carbocycles. The number of carboxylic acid groups (broad SMARTS) is 2. The van der Waals surface area contributed by atoms with E-state index >= 15 is 0 Å². The predicted octanol–water partition coefficient (Wildman–Crippen LogP) is 21.1. The lowest BCUT2D eigenvalue weighted by Crippen LogP contribution is -2.09. The molecule has 2 aliphatic rings. The van der Waals surface area contributed by atoms with E-state index in [1.54, 1.807) is 48.5 Å². The number of benzene rings is 10. The first-order valence-electron chi connectivity index (χ1n) is 32.5. The number of aromatic carboxylic acids is 2. The number of aromatic amines is 2. The Bertz CT molecular complexity index is 5410. The molecule has 0 aliphatic carbocycles. The quantitative estimate of drug-likeness (QED) is 0.0824. The molecule has 12 heteroatoms. The van der Waals surface area contributed by atoms with E-state index in [9.17, 15) is 19.8 Å². The molecule has 0 atom stereocenters. The maximum Gasteiger partial charge on any atom is 0.335 e. The predicted molar refractivity (Wildman–Crippen MR) is 397 cm³/mol. The number of aromatic nitrogens is 6. The summed E-state index contributed by atoms with van der Waals surface area (Å²) < 4.78 is 0. The molecule has 0 spiro atoms. The van der Waals surface area contributed by atoms with E-state index in [1.165, 1.54) is 0 Å². The van der Waals surface area contributed by atoms with Crippen LogP contribution < -0.4 is 9.80 Å². The second kappa shape index (κ2) is 25.5. The number of fused-ring (bicyclic) bond motifs is 8. The van der Waals surface area contributed by atoms with Gasteiger partial charge in [-0.1, -0.05) is 157 Å². The molecule has 474 valence electrons. The van der Waals surface area contributed by atoms with Crippen molar-refractivity contribution in [2.45, 2.75) is 41.5 Å². The Morgan fingerprint density at radius 1 is 0.327 bits per heavy atom. The molecule has 0 radical (unpaired) electrons. The van der Waals surface area contributed by atoms with Crippen molar-refractivity contribution in [1.82, 2.24) is 29.9 Å². The Labute approximate surface area is 567 Å². The van der Waals surface area contributed by atoms with Gasteiger partial charge in [-0.2, -0.15) is 0 Å². The number of anilines is 6. The minimum absolute atomic E-state index is 0.139. The van der Waals surface area contributed by atoms with Gasteiger partial charge in [-0.15, -0.1) is 0 Å². The summed E-state index contributed by atoms with van der Waals surface area (Å²) in [6.07, 6.45) is 4.19. The molecule has 8 bridgehead atoms. The highest BCUT2D eigenvalue weighted by atomic mass is 16.4. The standard InChI is InChI=1S/C86H66N8O4/c1-51-43-53(3)77(54(4)44-51)79-73-47-69(57-27-31-61(32-28-57)85(95)96)81(87-73)91-82-70(58-29-33-62(34-30-58)86(97)98)48-74(88-82)80(78-55(5)45-52(2)46-56(78)6)76-50-72(60-37-41-68(42-38-60)94(65-23-15-9-16-24-65)66-25-17-10-18-26-66)84(90-76)92-83-71(49-75(79)89-83)59-35-39-67(40-36-59)93(63-19-11-7-12-20-63)64-21-13-8-14-22-64/h7-50H,1-6H3,(H,95,96)(H,97,98)(H,87,88,91)(H,89,90,92). The van der Waals surface area contributed by atoms with Gasteiger partial charge in [0.1, 0.15) is 11.3 Å². The number of rotatable bonds is 14. The molecule has 4 N–H and O–H groups in total. The summed E-state index contributed by atoms with van der Waals surface area (Å²) in [5.74, 6) is -1.25. The molecule has 13 aromatic rings. The number of hydrogen-bond acceptors (Lipinski definition) is 8. The first kappa shape index (κ1) is 61.4. The van der Waals surface area contributed by atoms with Gasteiger partial charge in [-0.3, -0.25) is 0 Å². The van der Waals surface area contributed by atoms with Crippen LogP contribution in [0.25, 0.3) is 90.1 Å². The van der Waals surface area contributed by atoms with Crippen LogP contribution in [-0.4, -0.2) is 52.1 Å². The van der Waals surface area contributed by atoms with E-state index in [0.717, 1.165) is 118 Å². The smallest absolute Gasteiger partial charge is 0.335 e. The fourth-order valence-electron chi connectivity index (χ4n) is 14.0. The molecular formula is C86H66N8O4. The van der Waals surface area contributed by atoms with Crippen molar-refractivity contribution in [3.63, 3.8) is 0 Å². The van der Waals surface area contributed by atoms with Gasteiger partial charge in [0.25, 0.3) is 0 Å². The van der Waals surface area contributed by atoms with Gasteiger partial charge in [-0.05, 0) is 219 Å². The molecule has 0 saturated carbocycles. The van der Waals surface area contributed by atoms with Crippen LogP contribution in [0.4, 0.5) is 34.1 Å². The van der Waals surface area contributed by atoms with Crippen LogP contribution in [0.1, 0.15) is 88.3 Å². The Balaban J connectivity index is 1.07. The van der Waals surface area contributed by atoms with Crippen LogP contribution >= 0.6 is 0 Å². The summed E-state index contributed by atoms with van der Waals surface area (Å²) in [5, 5.41) is 20.3. The van der Waals surface area contributed by atoms with Crippen molar-refractivity contribution in [1.29, 1.82) is 0 Å². The first-order chi connectivity index (χ1) is 47.7. The van der Waals surface area contributed by atoms with E-state index in [-0.39, 0.29) is 11.1 Å². The topological polar surface area (TPSA) is 164 Å². The van der Waals surface area contributed by atoms with Crippen LogP contribution in [0.5, 0.6) is 0 Å². The largest absolute Gasteiger partial charge is 0.478 e. The summed E-state index contributed by atoms with van der Waals surface area (Å²) in [6, 6.07) is 85.3. The molecule has 2 aliphatic heterocycles. The number of aryl methyl sites for hydroxylation is 6. The maximum absolute atomic E-state index is 12.4. The third-order valence-corrected chi connectivity index (χ3v) is 18.2. The average molecular weight is 1280 g/mol. The van der Waals surface area contributed by atoms with Crippen molar-refractivity contribution in [2.24, 2.45) is 0 Å². The van der Waals surface area contributed by atoms with E-state index in [1.807, 2.05) is 30.3 Å². The zero-order chi connectivity index (χ0) is 67.3. The van der Waals surface area contributed by atoms with Crippen LogP contribution in [0.3, 0.4) is 0 Å². The molecular weight excluding hydrogens is 1210 g/mol. The lowest BCUT2D eigenvalue weighted by Gasteiger charge is -2.25. The van der Waals surface area contributed by atoms with Crippen LogP contribution in [0, 0.1) is 41.5 Å². The SMILES string of the molecule is Cc1cc(C)c(-c2c3nc(nc4[nH]c(cc4-c4ccc(N(c5ccccc5)c5ccccc5)cc4)c(-c4c(C)cc(C)cc4C)c4nc(nc5[nH]c2cc5-c2ccc(C(=O)O)cc2)C(c2ccc(C(=O)O)cc2)=C4)C(c2ccc(N(c4ccccc4)c4ccccc4)cc2)=C3)c(C)c1. The van der Waals surface area contributed by atoms with E-state index < -0.39 is 11.9 Å².